The average Bonchev–Trinajstić information content (AvgIpc) is 2.90. The van der Waals surface area contributed by atoms with E-state index in [9.17, 15) is 4.79 Å². The second kappa shape index (κ2) is 6.48. The van der Waals surface area contributed by atoms with Crippen LogP contribution in [0.3, 0.4) is 0 Å². The van der Waals surface area contributed by atoms with E-state index >= 15 is 0 Å². The first kappa shape index (κ1) is 15.8. The van der Waals surface area contributed by atoms with Gasteiger partial charge in [0, 0.05) is 19.5 Å². The standard InChI is InChI=1S/C17H26N2O2/c1-13(14-5-4-6-15(10-14)21-3)9-16(20)19-8-7-17(2,11-18)12-19/h4-6,10,13H,7-9,11-12,18H2,1-3H3. The molecule has 0 aliphatic carbocycles. The fourth-order valence-corrected chi connectivity index (χ4v) is 2.86. The van der Waals surface area contributed by atoms with Gasteiger partial charge in [-0.3, -0.25) is 4.79 Å². The largest absolute Gasteiger partial charge is 0.497 e. The molecule has 1 fully saturated rings. The van der Waals surface area contributed by atoms with Gasteiger partial charge in [-0.25, -0.2) is 0 Å². The fraction of sp³-hybridized carbons (Fsp3) is 0.588. The summed E-state index contributed by atoms with van der Waals surface area (Å²) in [6.45, 7) is 6.50. The third kappa shape index (κ3) is 3.76. The van der Waals surface area contributed by atoms with E-state index in [1.54, 1.807) is 7.11 Å². The summed E-state index contributed by atoms with van der Waals surface area (Å²) >= 11 is 0. The molecule has 1 saturated heterocycles. The molecule has 1 aromatic rings. The summed E-state index contributed by atoms with van der Waals surface area (Å²) in [5.74, 6) is 1.25. The second-order valence-electron chi connectivity index (χ2n) is 6.46. The molecule has 4 heteroatoms. The molecule has 2 atom stereocenters. The smallest absolute Gasteiger partial charge is 0.223 e. The number of hydrogen-bond donors (Lipinski definition) is 1. The van der Waals surface area contributed by atoms with Gasteiger partial charge >= 0.3 is 0 Å². The van der Waals surface area contributed by atoms with Crippen LogP contribution in [0.4, 0.5) is 0 Å². The lowest BCUT2D eigenvalue weighted by atomic mass is 9.90. The molecule has 0 spiro atoms. The Labute approximate surface area is 127 Å². The Balaban J connectivity index is 1.96. The van der Waals surface area contributed by atoms with Crippen LogP contribution in [0.1, 0.15) is 38.2 Å². The molecule has 2 rings (SSSR count). The van der Waals surface area contributed by atoms with Crippen molar-refractivity contribution in [1.29, 1.82) is 0 Å². The Morgan fingerprint density at radius 1 is 1.52 bits per heavy atom. The zero-order chi connectivity index (χ0) is 15.5. The average molecular weight is 290 g/mol. The fourth-order valence-electron chi connectivity index (χ4n) is 2.86. The van der Waals surface area contributed by atoms with Gasteiger partial charge in [0.1, 0.15) is 5.75 Å². The summed E-state index contributed by atoms with van der Waals surface area (Å²) < 4.78 is 5.24. The van der Waals surface area contributed by atoms with Gasteiger partial charge in [0.15, 0.2) is 0 Å². The molecule has 2 unspecified atom stereocenters. The van der Waals surface area contributed by atoms with Crippen molar-refractivity contribution in [2.45, 2.75) is 32.6 Å². The first-order valence-electron chi connectivity index (χ1n) is 7.59. The Morgan fingerprint density at radius 2 is 2.29 bits per heavy atom. The molecule has 0 radical (unpaired) electrons. The van der Waals surface area contributed by atoms with Crippen molar-refractivity contribution in [3.8, 4) is 5.75 Å². The lowest BCUT2D eigenvalue weighted by Crippen LogP contribution is -2.34. The van der Waals surface area contributed by atoms with Crippen molar-refractivity contribution < 1.29 is 9.53 Å². The summed E-state index contributed by atoms with van der Waals surface area (Å²) in [5.41, 5.74) is 7.04. The maximum absolute atomic E-state index is 12.4. The van der Waals surface area contributed by atoms with E-state index in [-0.39, 0.29) is 17.2 Å². The number of ether oxygens (including phenoxy) is 1. The van der Waals surface area contributed by atoms with Gasteiger partial charge in [-0.1, -0.05) is 26.0 Å². The molecule has 0 bridgehead atoms. The number of carbonyl (C=O) groups is 1. The molecule has 1 aliphatic rings. The molecule has 1 amide bonds. The van der Waals surface area contributed by atoms with Crippen LogP contribution < -0.4 is 10.5 Å². The monoisotopic (exact) mass is 290 g/mol. The number of carbonyl (C=O) groups excluding carboxylic acids is 1. The predicted octanol–water partition coefficient (Wildman–Crippen LogP) is 2.39. The van der Waals surface area contributed by atoms with Crippen molar-refractivity contribution in [1.82, 2.24) is 4.90 Å². The second-order valence-corrected chi connectivity index (χ2v) is 6.46. The molecule has 1 heterocycles. The van der Waals surface area contributed by atoms with Crippen LogP contribution in [-0.2, 0) is 4.79 Å². The minimum atomic E-state index is 0.0921. The number of rotatable bonds is 5. The minimum Gasteiger partial charge on any atom is -0.497 e. The van der Waals surface area contributed by atoms with Gasteiger partial charge in [-0.05, 0) is 42.0 Å². The molecule has 21 heavy (non-hydrogen) atoms. The van der Waals surface area contributed by atoms with Crippen LogP contribution in [-0.4, -0.2) is 37.6 Å². The van der Waals surface area contributed by atoms with Crippen LogP contribution >= 0.6 is 0 Å². The zero-order valence-corrected chi connectivity index (χ0v) is 13.3. The van der Waals surface area contributed by atoms with Crippen molar-refractivity contribution in [3.05, 3.63) is 29.8 Å². The number of methoxy groups -OCH3 is 1. The van der Waals surface area contributed by atoms with Crippen LogP contribution in [0.25, 0.3) is 0 Å². The molecule has 0 aromatic heterocycles. The molecular formula is C17H26N2O2. The Morgan fingerprint density at radius 3 is 2.90 bits per heavy atom. The highest BCUT2D eigenvalue weighted by atomic mass is 16.5. The Bertz CT molecular complexity index is 503. The number of benzene rings is 1. The predicted molar refractivity (Wildman–Crippen MR) is 84.4 cm³/mol. The third-order valence-electron chi connectivity index (χ3n) is 4.55. The summed E-state index contributed by atoms with van der Waals surface area (Å²) in [4.78, 5) is 14.4. The highest BCUT2D eigenvalue weighted by Gasteiger charge is 2.35. The quantitative estimate of drug-likeness (QED) is 0.906. The number of nitrogens with two attached hydrogens (primary N) is 1. The van der Waals surface area contributed by atoms with Crippen molar-refractivity contribution >= 4 is 5.91 Å². The SMILES string of the molecule is COc1cccc(C(C)CC(=O)N2CCC(C)(CN)C2)c1. The van der Waals surface area contributed by atoms with Crippen LogP contribution in [0.15, 0.2) is 24.3 Å². The van der Waals surface area contributed by atoms with Gasteiger partial charge in [0.2, 0.25) is 5.91 Å². The van der Waals surface area contributed by atoms with Gasteiger partial charge in [-0.2, -0.15) is 0 Å². The van der Waals surface area contributed by atoms with Gasteiger partial charge in [0.05, 0.1) is 7.11 Å². The molecule has 116 valence electrons. The van der Waals surface area contributed by atoms with E-state index in [1.807, 2.05) is 23.1 Å². The minimum absolute atomic E-state index is 0.0921. The first-order valence-corrected chi connectivity index (χ1v) is 7.59. The van der Waals surface area contributed by atoms with E-state index in [0.717, 1.165) is 30.8 Å². The molecule has 1 aromatic carbocycles. The lowest BCUT2D eigenvalue weighted by molar-refractivity contribution is -0.130. The van der Waals surface area contributed by atoms with Crippen molar-refractivity contribution in [3.63, 3.8) is 0 Å². The summed E-state index contributed by atoms with van der Waals surface area (Å²) in [6.07, 6.45) is 1.54. The van der Waals surface area contributed by atoms with Crippen LogP contribution in [0.5, 0.6) is 5.75 Å². The molecule has 0 saturated carbocycles. The first-order chi connectivity index (χ1) is 9.97. The van der Waals surface area contributed by atoms with E-state index in [1.165, 1.54) is 0 Å². The molecular weight excluding hydrogens is 264 g/mol. The third-order valence-corrected chi connectivity index (χ3v) is 4.55. The van der Waals surface area contributed by atoms with Gasteiger partial charge in [0.25, 0.3) is 0 Å². The Kier molecular flexibility index (Phi) is 4.88. The van der Waals surface area contributed by atoms with Crippen LogP contribution in [0, 0.1) is 5.41 Å². The molecule has 2 N–H and O–H groups in total. The van der Waals surface area contributed by atoms with E-state index in [4.69, 9.17) is 10.5 Å². The van der Waals surface area contributed by atoms with E-state index < -0.39 is 0 Å². The van der Waals surface area contributed by atoms with Crippen molar-refractivity contribution in [2.75, 3.05) is 26.7 Å². The highest BCUT2D eigenvalue weighted by Crippen LogP contribution is 2.30. The number of amides is 1. The maximum atomic E-state index is 12.4. The highest BCUT2D eigenvalue weighted by molar-refractivity contribution is 5.77. The molecule has 4 nitrogen and oxygen atoms in total. The van der Waals surface area contributed by atoms with Crippen LogP contribution in [0.2, 0.25) is 0 Å². The maximum Gasteiger partial charge on any atom is 0.223 e. The lowest BCUT2D eigenvalue weighted by Gasteiger charge is -2.23. The zero-order valence-electron chi connectivity index (χ0n) is 13.3. The van der Waals surface area contributed by atoms with Crippen molar-refractivity contribution in [2.24, 2.45) is 11.1 Å². The summed E-state index contributed by atoms with van der Waals surface area (Å²) in [6, 6.07) is 7.95. The van der Waals surface area contributed by atoms with E-state index in [0.29, 0.717) is 13.0 Å². The number of likely N-dealkylation sites (tertiary alicyclic amines) is 1. The Hall–Kier alpha value is -1.55. The summed E-state index contributed by atoms with van der Waals surface area (Å²) in [5, 5.41) is 0. The van der Waals surface area contributed by atoms with Gasteiger partial charge in [-0.15, -0.1) is 0 Å². The van der Waals surface area contributed by atoms with Gasteiger partial charge < -0.3 is 15.4 Å². The number of nitrogens with zero attached hydrogens (tertiary/aromatic N) is 1. The normalized spacial score (nSPS) is 23.1. The summed E-state index contributed by atoms with van der Waals surface area (Å²) in [7, 11) is 1.66. The number of hydrogen-bond acceptors (Lipinski definition) is 3. The van der Waals surface area contributed by atoms with E-state index in [2.05, 4.69) is 19.9 Å². The molecule has 1 aliphatic heterocycles. The topological polar surface area (TPSA) is 55.6 Å².